The first kappa shape index (κ1) is 12.6. The van der Waals surface area contributed by atoms with Crippen LogP contribution < -0.4 is 10.1 Å². The van der Waals surface area contributed by atoms with E-state index >= 15 is 0 Å². The van der Waals surface area contributed by atoms with Crippen molar-refractivity contribution < 1.29 is 9.53 Å². The Morgan fingerprint density at radius 2 is 2.00 bits per heavy atom. The standard InChI is InChI=1S/C13H14N2O2S/c1-9(2)17-11-5-3-10(4-6-11)15-13(16)12-7-8-14-18-12/h3-9H,1-2H3,(H,15,16). The first-order valence-electron chi connectivity index (χ1n) is 5.64. The minimum atomic E-state index is -0.143. The smallest absolute Gasteiger partial charge is 0.267 e. The molecule has 0 spiro atoms. The monoisotopic (exact) mass is 262 g/mol. The van der Waals surface area contributed by atoms with Gasteiger partial charge in [-0.25, -0.2) is 4.37 Å². The molecule has 0 unspecified atom stereocenters. The van der Waals surface area contributed by atoms with Crippen LogP contribution in [0.3, 0.4) is 0 Å². The van der Waals surface area contributed by atoms with Gasteiger partial charge in [0.1, 0.15) is 10.6 Å². The van der Waals surface area contributed by atoms with Crippen LogP contribution in [0.4, 0.5) is 5.69 Å². The second-order valence-corrected chi connectivity index (χ2v) is 4.86. The molecule has 1 N–H and O–H groups in total. The van der Waals surface area contributed by atoms with E-state index in [-0.39, 0.29) is 12.0 Å². The average molecular weight is 262 g/mol. The fraction of sp³-hybridized carbons (Fsp3) is 0.231. The number of rotatable bonds is 4. The van der Waals surface area contributed by atoms with Gasteiger partial charge in [0.15, 0.2) is 0 Å². The van der Waals surface area contributed by atoms with E-state index in [0.29, 0.717) is 4.88 Å². The van der Waals surface area contributed by atoms with Crippen LogP contribution in [-0.2, 0) is 0 Å². The average Bonchev–Trinajstić information content (AvgIpc) is 2.84. The zero-order valence-corrected chi connectivity index (χ0v) is 11.0. The second kappa shape index (κ2) is 5.64. The Balaban J connectivity index is 2.00. The van der Waals surface area contributed by atoms with Gasteiger partial charge in [-0.3, -0.25) is 4.79 Å². The number of nitrogens with one attached hydrogen (secondary N) is 1. The van der Waals surface area contributed by atoms with Crippen LogP contribution in [0.2, 0.25) is 0 Å². The Morgan fingerprint density at radius 3 is 2.56 bits per heavy atom. The number of hydrogen-bond donors (Lipinski definition) is 1. The Hall–Kier alpha value is -1.88. The Labute approximate surface area is 110 Å². The zero-order chi connectivity index (χ0) is 13.0. The molecule has 1 amide bonds. The summed E-state index contributed by atoms with van der Waals surface area (Å²) < 4.78 is 9.42. The Kier molecular flexibility index (Phi) is 3.94. The summed E-state index contributed by atoms with van der Waals surface area (Å²) in [6, 6.07) is 8.99. The predicted molar refractivity (Wildman–Crippen MR) is 72.3 cm³/mol. The molecule has 0 atom stereocenters. The summed E-state index contributed by atoms with van der Waals surface area (Å²) in [5.41, 5.74) is 0.740. The summed E-state index contributed by atoms with van der Waals surface area (Å²) in [4.78, 5) is 12.4. The number of anilines is 1. The summed E-state index contributed by atoms with van der Waals surface area (Å²) in [7, 11) is 0. The van der Waals surface area contributed by atoms with Crippen LogP contribution in [0.25, 0.3) is 0 Å². The molecule has 0 saturated carbocycles. The lowest BCUT2D eigenvalue weighted by molar-refractivity contribution is 0.103. The lowest BCUT2D eigenvalue weighted by atomic mass is 10.3. The van der Waals surface area contributed by atoms with E-state index in [1.54, 1.807) is 12.3 Å². The van der Waals surface area contributed by atoms with Crippen LogP contribution in [0.5, 0.6) is 5.75 Å². The molecule has 4 nitrogen and oxygen atoms in total. The van der Waals surface area contributed by atoms with Crippen molar-refractivity contribution in [3.8, 4) is 5.75 Å². The third kappa shape index (κ3) is 3.30. The van der Waals surface area contributed by atoms with Crippen LogP contribution in [-0.4, -0.2) is 16.4 Å². The third-order valence-corrected chi connectivity index (χ3v) is 2.89. The normalized spacial score (nSPS) is 10.4. The van der Waals surface area contributed by atoms with Crippen molar-refractivity contribution in [1.29, 1.82) is 0 Å². The lowest BCUT2D eigenvalue weighted by Gasteiger charge is -2.10. The van der Waals surface area contributed by atoms with E-state index in [4.69, 9.17) is 4.74 Å². The summed E-state index contributed by atoms with van der Waals surface area (Å²) >= 11 is 1.18. The maximum atomic E-state index is 11.8. The number of hydrogen-bond acceptors (Lipinski definition) is 4. The van der Waals surface area contributed by atoms with Crippen molar-refractivity contribution >= 4 is 23.1 Å². The first-order chi connectivity index (χ1) is 8.65. The maximum absolute atomic E-state index is 11.8. The summed E-state index contributed by atoms with van der Waals surface area (Å²) in [5.74, 6) is 0.649. The molecule has 1 heterocycles. The van der Waals surface area contributed by atoms with Gasteiger partial charge in [-0.2, -0.15) is 0 Å². The molecule has 94 valence electrons. The summed E-state index contributed by atoms with van der Waals surface area (Å²) in [5, 5.41) is 2.80. The number of nitrogens with zero attached hydrogens (tertiary/aromatic N) is 1. The van der Waals surface area contributed by atoms with Crippen molar-refractivity contribution in [3.05, 3.63) is 41.4 Å². The number of amides is 1. The van der Waals surface area contributed by atoms with Gasteiger partial charge in [0.05, 0.1) is 6.10 Å². The van der Waals surface area contributed by atoms with Crippen LogP contribution in [0.15, 0.2) is 36.5 Å². The van der Waals surface area contributed by atoms with Gasteiger partial charge in [-0.05, 0) is 55.7 Å². The largest absolute Gasteiger partial charge is 0.491 e. The predicted octanol–water partition coefficient (Wildman–Crippen LogP) is 3.18. The number of carbonyl (C=O) groups is 1. The molecule has 0 aliphatic carbocycles. The van der Waals surface area contributed by atoms with E-state index in [0.717, 1.165) is 11.4 Å². The zero-order valence-electron chi connectivity index (χ0n) is 10.2. The number of benzene rings is 1. The highest BCUT2D eigenvalue weighted by atomic mass is 32.1. The molecule has 0 aliphatic rings. The number of aromatic nitrogens is 1. The quantitative estimate of drug-likeness (QED) is 0.920. The van der Waals surface area contributed by atoms with Gasteiger partial charge < -0.3 is 10.1 Å². The van der Waals surface area contributed by atoms with E-state index in [2.05, 4.69) is 9.69 Å². The van der Waals surface area contributed by atoms with Gasteiger partial charge >= 0.3 is 0 Å². The molecule has 0 aliphatic heterocycles. The minimum Gasteiger partial charge on any atom is -0.491 e. The fourth-order valence-electron chi connectivity index (χ4n) is 1.41. The van der Waals surface area contributed by atoms with Crippen molar-refractivity contribution in [3.63, 3.8) is 0 Å². The van der Waals surface area contributed by atoms with E-state index in [1.165, 1.54) is 11.5 Å². The number of ether oxygens (including phenoxy) is 1. The van der Waals surface area contributed by atoms with Crippen LogP contribution in [0.1, 0.15) is 23.5 Å². The third-order valence-electron chi connectivity index (χ3n) is 2.15. The molecule has 2 rings (SSSR count). The lowest BCUT2D eigenvalue weighted by Crippen LogP contribution is -2.10. The topological polar surface area (TPSA) is 51.2 Å². The highest BCUT2D eigenvalue weighted by Gasteiger charge is 2.07. The molecular weight excluding hydrogens is 248 g/mol. The van der Waals surface area contributed by atoms with Crippen molar-refractivity contribution in [1.82, 2.24) is 4.37 Å². The molecule has 5 heteroatoms. The highest BCUT2D eigenvalue weighted by Crippen LogP contribution is 2.18. The molecule has 0 fully saturated rings. The first-order valence-corrected chi connectivity index (χ1v) is 6.41. The fourth-order valence-corrected chi connectivity index (χ4v) is 1.91. The molecule has 1 aromatic carbocycles. The van der Waals surface area contributed by atoms with Gasteiger partial charge in [0.25, 0.3) is 5.91 Å². The van der Waals surface area contributed by atoms with Crippen LogP contribution >= 0.6 is 11.5 Å². The van der Waals surface area contributed by atoms with E-state index < -0.39 is 0 Å². The van der Waals surface area contributed by atoms with E-state index in [9.17, 15) is 4.79 Å². The van der Waals surface area contributed by atoms with Gasteiger partial charge in [-0.1, -0.05) is 0 Å². The number of carbonyl (C=O) groups excluding carboxylic acids is 1. The minimum absolute atomic E-state index is 0.141. The van der Waals surface area contributed by atoms with Crippen LogP contribution in [0, 0.1) is 0 Å². The van der Waals surface area contributed by atoms with E-state index in [1.807, 2.05) is 38.1 Å². The summed E-state index contributed by atoms with van der Waals surface area (Å²) in [6.07, 6.45) is 1.75. The van der Waals surface area contributed by atoms with Crippen molar-refractivity contribution in [2.24, 2.45) is 0 Å². The molecule has 0 radical (unpaired) electrons. The molecular formula is C13H14N2O2S. The Morgan fingerprint density at radius 1 is 1.28 bits per heavy atom. The molecule has 0 bridgehead atoms. The van der Waals surface area contributed by atoms with Gasteiger partial charge in [0.2, 0.25) is 0 Å². The maximum Gasteiger partial charge on any atom is 0.267 e. The molecule has 18 heavy (non-hydrogen) atoms. The van der Waals surface area contributed by atoms with Gasteiger partial charge in [-0.15, -0.1) is 0 Å². The van der Waals surface area contributed by atoms with Gasteiger partial charge in [0, 0.05) is 11.9 Å². The Bertz CT molecular complexity index is 506. The summed E-state index contributed by atoms with van der Waals surface area (Å²) in [6.45, 7) is 3.94. The molecule has 0 saturated heterocycles. The second-order valence-electron chi connectivity index (χ2n) is 4.02. The molecule has 2 aromatic rings. The SMILES string of the molecule is CC(C)Oc1ccc(NC(=O)c2ccns2)cc1. The van der Waals surface area contributed by atoms with Crippen molar-refractivity contribution in [2.75, 3.05) is 5.32 Å². The molecule has 1 aromatic heterocycles. The highest BCUT2D eigenvalue weighted by molar-refractivity contribution is 7.08. The van der Waals surface area contributed by atoms with Crippen molar-refractivity contribution in [2.45, 2.75) is 20.0 Å².